The molecule has 0 aliphatic carbocycles. The third-order valence-electron chi connectivity index (χ3n) is 4.05. The minimum Gasteiger partial charge on any atom is -0.381 e. The summed E-state index contributed by atoms with van der Waals surface area (Å²) in [5, 5.41) is 0. The van der Waals surface area contributed by atoms with Gasteiger partial charge in [0.15, 0.2) is 0 Å². The highest BCUT2D eigenvalue weighted by atomic mass is 16.5. The molecule has 16 heavy (non-hydrogen) atoms. The third-order valence-corrected chi connectivity index (χ3v) is 4.05. The number of rotatable bonds is 3. The summed E-state index contributed by atoms with van der Waals surface area (Å²) in [6.07, 6.45) is 2.28. The largest absolute Gasteiger partial charge is 0.381 e. The van der Waals surface area contributed by atoms with E-state index in [0.29, 0.717) is 12.6 Å². The lowest BCUT2D eigenvalue weighted by atomic mass is 9.84. The van der Waals surface area contributed by atoms with E-state index in [2.05, 4.69) is 18.9 Å². The molecule has 2 fully saturated rings. The van der Waals surface area contributed by atoms with Crippen LogP contribution in [-0.4, -0.2) is 57.0 Å². The average Bonchev–Trinajstić information content (AvgIpc) is 2.60. The Morgan fingerprint density at radius 3 is 2.56 bits per heavy atom. The summed E-state index contributed by atoms with van der Waals surface area (Å²) in [4.78, 5) is 2.44. The first-order valence-corrected chi connectivity index (χ1v) is 6.23. The summed E-state index contributed by atoms with van der Waals surface area (Å²) in [6, 6.07) is 0.827. The Labute approximate surface area is 98.1 Å². The van der Waals surface area contributed by atoms with Crippen LogP contribution in [0.15, 0.2) is 0 Å². The first-order valence-electron chi connectivity index (χ1n) is 6.23. The number of ether oxygens (including phenoxy) is 2. The van der Waals surface area contributed by atoms with Crippen LogP contribution in [0.3, 0.4) is 0 Å². The van der Waals surface area contributed by atoms with Crippen molar-refractivity contribution in [3.05, 3.63) is 0 Å². The maximum atomic E-state index is 6.11. The summed E-state index contributed by atoms with van der Waals surface area (Å²) >= 11 is 0. The SMILES string of the molecule is CN(CC1(C)COCC1N)C1CCOCC1. The Morgan fingerprint density at radius 1 is 1.31 bits per heavy atom. The van der Waals surface area contributed by atoms with Gasteiger partial charge in [0.25, 0.3) is 0 Å². The number of hydrogen-bond acceptors (Lipinski definition) is 4. The Kier molecular flexibility index (Phi) is 3.85. The number of hydrogen-bond donors (Lipinski definition) is 1. The van der Waals surface area contributed by atoms with Crippen molar-refractivity contribution in [3.8, 4) is 0 Å². The second kappa shape index (κ2) is 5.00. The van der Waals surface area contributed by atoms with E-state index in [1.807, 2.05) is 0 Å². The molecular weight excluding hydrogens is 204 g/mol. The van der Waals surface area contributed by atoms with Crippen LogP contribution in [0, 0.1) is 5.41 Å². The van der Waals surface area contributed by atoms with Crippen molar-refractivity contribution in [1.82, 2.24) is 4.90 Å². The van der Waals surface area contributed by atoms with Crippen molar-refractivity contribution in [2.45, 2.75) is 31.8 Å². The van der Waals surface area contributed by atoms with E-state index in [0.717, 1.165) is 39.2 Å². The Balaban J connectivity index is 1.87. The molecule has 0 saturated carbocycles. The molecule has 2 saturated heterocycles. The second-order valence-corrected chi connectivity index (χ2v) is 5.53. The van der Waals surface area contributed by atoms with Gasteiger partial charge in [-0.2, -0.15) is 0 Å². The lowest BCUT2D eigenvalue weighted by molar-refractivity contribution is 0.0261. The van der Waals surface area contributed by atoms with Crippen LogP contribution in [0.25, 0.3) is 0 Å². The highest BCUT2D eigenvalue weighted by Crippen LogP contribution is 2.29. The quantitative estimate of drug-likeness (QED) is 0.762. The Morgan fingerprint density at radius 2 is 2.00 bits per heavy atom. The molecule has 0 bridgehead atoms. The first kappa shape index (κ1) is 12.3. The molecule has 2 heterocycles. The molecule has 4 nitrogen and oxygen atoms in total. The smallest absolute Gasteiger partial charge is 0.0624 e. The van der Waals surface area contributed by atoms with Gasteiger partial charge >= 0.3 is 0 Å². The normalized spacial score (nSPS) is 37.1. The van der Waals surface area contributed by atoms with E-state index < -0.39 is 0 Å². The number of nitrogens with zero attached hydrogens (tertiary/aromatic N) is 1. The fourth-order valence-electron chi connectivity index (χ4n) is 2.71. The van der Waals surface area contributed by atoms with Gasteiger partial charge in [-0.15, -0.1) is 0 Å². The van der Waals surface area contributed by atoms with Crippen LogP contribution in [0.1, 0.15) is 19.8 Å². The van der Waals surface area contributed by atoms with E-state index in [1.54, 1.807) is 0 Å². The maximum Gasteiger partial charge on any atom is 0.0624 e. The minimum absolute atomic E-state index is 0.118. The molecule has 0 aromatic carbocycles. The van der Waals surface area contributed by atoms with Crippen molar-refractivity contribution >= 4 is 0 Å². The van der Waals surface area contributed by atoms with Gasteiger partial charge in [0.05, 0.1) is 13.2 Å². The molecule has 0 aromatic rings. The van der Waals surface area contributed by atoms with Gasteiger partial charge in [-0.1, -0.05) is 6.92 Å². The molecule has 0 aromatic heterocycles. The zero-order chi connectivity index (χ0) is 11.6. The van der Waals surface area contributed by atoms with Crippen LogP contribution in [-0.2, 0) is 9.47 Å². The fourth-order valence-corrected chi connectivity index (χ4v) is 2.71. The summed E-state index contributed by atoms with van der Waals surface area (Å²) in [7, 11) is 2.20. The Bertz CT molecular complexity index is 231. The van der Waals surface area contributed by atoms with E-state index in [9.17, 15) is 0 Å². The van der Waals surface area contributed by atoms with Crippen molar-refractivity contribution in [3.63, 3.8) is 0 Å². The van der Waals surface area contributed by atoms with Crippen LogP contribution >= 0.6 is 0 Å². The van der Waals surface area contributed by atoms with Crippen LogP contribution < -0.4 is 5.73 Å². The fraction of sp³-hybridized carbons (Fsp3) is 1.00. The van der Waals surface area contributed by atoms with Gasteiger partial charge in [-0.05, 0) is 19.9 Å². The van der Waals surface area contributed by atoms with Crippen LogP contribution in [0.2, 0.25) is 0 Å². The van der Waals surface area contributed by atoms with Crippen LogP contribution in [0.5, 0.6) is 0 Å². The molecule has 0 spiro atoms. The number of nitrogens with two attached hydrogens (primary N) is 1. The zero-order valence-corrected chi connectivity index (χ0v) is 10.4. The van der Waals surface area contributed by atoms with E-state index in [1.165, 1.54) is 0 Å². The van der Waals surface area contributed by atoms with Gasteiger partial charge in [-0.3, -0.25) is 0 Å². The topological polar surface area (TPSA) is 47.7 Å². The predicted molar refractivity (Wildman–Crippen MR) is 63.4 cm³/mol. The zero-order valence-electron chi connectivity index (χ0n) is 10.4. The van der Waals surface area contributed by atoms with Crippen molar-refractivity contribution in [2.24, 2.45) is 11.1 Å². The van der Waals surface area contributed by atoms with E-state index >= 15 is 0 Å². The molecule has 2 atom stereocenters. The van der Waals surface area contributed by atoms with Gasteiger partial charge in [0, 0.05) is 37.3 Å². The lowest BCUT2D eigenvalue weighted by Gasteiger charge is -2.37. The summed E-state index contributed by atoms with van der Waals surface area (Å²) in [6.45, 7) is 6.56. The van der Waals surface area contributed by atoms with Crippen molar-refractivity contribution in [2.75, 3.05) is 40.0 Å². The summed E-state index contributed by atoms with van der Waals surface area (Å²) in [5.41, 5.74) is 6.23. The second-order valence-electron chi connectivity index (χ2n) is 5.53. The monoisotopic (exact) mass is 228 g/mol. The molecular formula is C12H24N2O2. The summed E-state index contributed by atoms with van der Waals surface area (Å²) < 4.78 is 10.9. The molecule has 2 aliphatic heterocycles. The Hall–Kier alpha value is -0.160. The minimum atomic E-state index is 0.118. The van der Waals surface area contributed by atoms with E-state index in [4.69, 9.17) is 15.2 Å². The molecule has 2 rings (SSSR count). The van der Waals surface area contributed by atoms with Gasteiger partial charge in [0.1, 0.15) is 0 Å². The lowest BCUT2D eigenvalue weighted by Crippen LogP contribution is -2.49. The highest BCUT2D eigenvalue weighted by Gasteiger charge is 2.39. The van der Waals surface area contributed by atoms with Gasteiger partial charge in [-0.25, -0.2) is 0 Å². The summed E-state index contributed by atoms with van der Waals surface area (Å²) in [5.74, 6) is 0. The van der Waals surface area contributed by atoms with E-state index in [-0.39, 0.29) is 11.5 Å². The third kappa shape index (κ3) is 2.56. The molecule has 2 N–H and O–H groups in total. The van der Waals surface area contributed by atoms with Crippen molar-refractivity contribution in [1.29, 1.82) is 0 Å². The van der Waals surface area contributed by atoms with Gasteiger partial charge in [0.2, 0.25) is 0 Å². The van der Waals surface area contributed by atoms with Gasteiger partial charge < -0.3 is 20.1 Å². The molecule has 2 aliphatic rings. The molecule has 0 radical (unpaired) electrons. The predicted octanol–water partition coefficient (Wildman–Crippen LogP) is 0.461. The molecule has 2 unspecified atom stereocenters. The standard InChI is InChI=1S/C12H24N2O2/c1-12(9-16-7-11(12)13)8-14(2)10-3-5-15-6-4-10/h10-11H,3-9,13H2,1-2H3. The highest BCUT2D eigenvalue weighted by molar-refractivity contribution is 4.93. The maximum absolute atomic E-state index is 6.11. The van der Waals surface area contributed by atoms with Crippen molar-refractivity contribution < 1.29 is 9.47 Å². The first-order chi connectivity index (χ1) is 7.62. The molecule has 0 amide bonds. The molecule has 94 valence electrons. The average molecular weight is 228 g/mol. The molecule has 4 heteroatoms. The van der Waals surface area contributed by atoms with Crippen LogP contribution in [0.4, 0.5) is 0 Å².